The molecule has 1 aliphatic rings. The quantitative estimate of drug-likeness (QED) is 0.383. The van der Waals surface area contributed by atoms with Crippen molar-refractivity contribution in [1.29, 1.82) is 5.26 Å². The minimum Gasteiger partial charge on any atom is -0.450 e. The standard InChI is InChI=1S/C23H18ClN9O2/c1-31-20-19(24)18(35-17-11-28-33-7-5-26-9-16(17)33)10-27-21(20)30-23(31)29-15-8-14(13-2-3-13)12-32(6-4-25)22(15)34/h5,7-13H,2-3,6H2,1H3,(H,27,29,30). The predicted molar refractivity (Wildman–Crippen MR) is 128 cm³/mol. The minimum absolute atomic E-state index is 0.0240. The maximum Gasteiger partial charge on any atom is 0.275 e. The maximum atomic E-state index is 12.9. The van der Waals surface area contributed by atoms with Gasteiger partial charge >= 0.3 is 0 Å². The molecular formula is C23H18ClN9O2. The van der Waals surface area contributed by atoms with Crippen LogP contribution in [0.25, 0.3) is 16.7 Å². The summed E-state index contributed by atoms with van der Waals surface area (Å²) in [6.45, 7) is -0.0240. The van der Waals surface area contributed by atoms with Crippen molar-refractivity contribution >= 4 is 39.9 Å². The summed E-state index contributed by atoms with van der Waals surface area (Å²) in [4.78, 5) is 26.0. The molecule has 6 rings (SSSR count). The first kappa shape index (κ1) is 21.1. The molecule has 0 atom stereocenters. The fourth-order valence-electron chi connectivity index (χ4n) is 4.01. The van der Waals surface area contributed by atoms with Crippen LogP contribution in [0, 0.1) is 11.3 Å². The van der Waals surface area contributed by atoms with Crippen LogP contribution in [0.15, 0.2) is 48.0 Å². The smallest absolute Gasteiger partial charge is 0.275 e. The van der Waals surface area contributed by atoms with E-state index in [0.29, 0.717) is 50.8 Å². The SMILES string of the molecule is Cn1c(Nc2cc(C3CC3)cn(CC#N)c2=O)nc2ncc(Oc3cnn4ccncc34)c(Cl)c21. The highest BCUT2D eigenvalue weighted by Gasteiger charge is 2.26. The zero-order chi connectivity index (χ0) is 24.1. The Morgan fingerprint density at radius 2 is 2.14 bits per heavy atom. The van der Waals surface area contributed by atoms with Gasteiger partial charge in [0, 0.05) is 25.6 Å². The van der Waals surface area contributed by atoms with Crippen molar-refractivity contribution < 1.29 is 4.74 Å². The number of nitriles is 1. The van der Waals surface area contributed by atoms with Gasteiger partial charge in [-0.2, -0.15) is 15.3 Å². The highest BCUT2D eigenvalue weighted by molar-refractivity contribution is 6.36. The largest absolute Gasteiger partial charge is 0.450 e. The fraction of sp³-hybridized carbons (Fsp3) is 0.217. The Balaban J connectivity index is 1.38. The minimum atomic E-state index is -0.298. The van der Waals surface area contributed by atoms with E-state index in [2.05, 4.69) is 25.4 Å². The van der Waals surface area contributed by atoms with Crippen molar-refractivity contribution in [2.45, 2.75) is 25.3 Å². The number of halogens is 1. The summed E-state index contributed by atoms with van der Waals surface area (Å²) in [6.07, 6.45) is 12.0. The predicted octanol–water partition coefficient (Wildman–Crippen LogP) is 3.76. The number of imidazole rings is 1. The Hall–Kier alpha value is -4.43. The number of anilines is 2. The lowest BCUT2D eigenvalue weighted by molar-refractivity contribution is 0.486. The van der Waals surface area contributed by atoms with Crippen LogP contribution < -0.4 is 15.6 Å². The van der Waals surface area contributed by atoms with Crippen LogP contribution in [-0.4, -0.2) is 33.7 Å². The number of nitrogens with zero attached hydrogens (tertiary/aromatic N) is 8. The monoisotopic (exact) mass is 487 g/mol. The van der Waals surface area contributed by atoms with E-state index in [-0.39, 0.29) is 12.1 Å². The molecule has 0 unspecified atom stereocenters. The molecule has 35 heavy (non-hydrogen) atoms. The second kappa shape index (κ2) is 8.11. The molecule has 1 aliphatic carbocycles. The van der Waals surface area contributed by atoms with Gasteiger partial charge in [-0.1, -0.05) is 11.6 Å². The van der Waals surface area contributed by atoms with Crippen LogP contribution in [0.2, 0.25) is 5.02 Å². The third kappa shape index (κ3) is 3.64. The number of aromatic nitrogens is 7. The molecule has 0 amide bonds. The number of hydrogen-bond acceptors (Lipinski definition) is 8. The summed E-state index contributed by atoms with van der Waals surface area (Å²) in [5.74, 6) is 1.61. The fourth-order valence-corrected chi connectivity index (χ4v) is 4.31. The van der Waals surface area contributed by atoms with E-state index >= 15 is 0 Å². The van der Waals surface area contributed by atoms with Gasteiger partial charge in [-0.05, 0) is 30.4 Å². The van der Waals surface area contributed by atoms with E-state index < -0.39 is 0 Å². The average Bonchev–Trinajstić information content (AvgIpc) is 3.56. The zero-order valence-corrected chi connectivity index (χ0v) is 19.3. The number of fused-ring (bicyclic) bond motifs is 2. The lowest BCUT2D eigenvalue weighted by Gasteiger charge is -2.11. The highest BCUT2D eigenvalue weighted by Crippen LogP contribution is 2.41. The maximum absolute atomic E-state index is 12.9. The molecule has 5 aromatic heterocycles. The van der Waals surface area contributed by atoms with Crippen molar-refractivity contribution in [3.05, 3.63) is 64.2 Å². The molecule has 0 aromatic carbocycles. The van der Waals surface area contributed by atoms with Gasteiger partial charge in [0.25, 0.3) is 5.56 Å². The average molecular weight is 488 g/mol. The van der Waals surface area contributed by atoms with Crippen LogP contribution in [0.1, 0.15) is 24.3 Å². The lowest BCUT2D eigenvalue weighted by atomic mass is 10.2. The molecule has 12 heteroatoms. The first-order valence-electron chi connectivity index (χ1n) is 10.9. The molecule has 5 aromatic rings. The molecule has 174 valence electrons. The molecular weight excluding hydrogens is 470 g/mol. The molecule has 0 radical (unpaired) electrons. The van der Waals surface area contributed by atoms with Crippen LogP contribution >= 0.6 is 11.6 Å². The summed E-state index contributed by atoms with van der Waals surface area (Å²) in [5, 5.41) is 16.8. The Kier molecular flexibility index (Phi) is 4.89. The lowest BCUT2D eigenvalue weighted by Crippen LogP contribution is -2.23. The molecule has 0 bridgehead atoms. The topological polar surface area (TPSA) is 128 Å². The summed E-state index contributed by atoms with van der Waals surface area (Å²) < 4.78 is 10.8. The van der Waals surface area contributed by atoms with Crippen molar-refractivity contribution in [3.8, 4) is 17.6 Å². The normalized spacial score (nSPS) is 13.3. The third-order valence-corrected chi connectivity index (χ3v) is 6.32. The highest BCUT2D eigenvalue weighted by atomic mass is 35.5. The van der Waals surface area contributed by atoms with Gasteiger partial charge in [0.1, 0.15) is 28.3 Å². The van der Waals surface area contributed by atoms with Gasteiger partial charge in [0.05, 0.1) is 24.7 Å². The van der Waals surface area contributed by atoms with E-state index in [9.17, 15) is 4.79 Å². The van der Waals surface area contributed by atoms with E-state index in [1.54, 1.807) is 47.1 Å². The van der Waals surface area contributed by atoms with Crippen molar-refractivity contribution in [3.63, 3.8) is 0 Å². The summed E-state index contributed by atoms with van der Waals surface area (Å²) in [5.41, 5.74) is 2.68. The van der Waals surface area contributed by atoms with E-state index in [0.717, 1.165) is 18.4 Å². The number of pyridine rings is 2. The Morgan fingerprint density at radius 3 is 2.94 bits per heavy atom. The van der Waals surface area contributed by atoms with E-state index in [4.69, 9.17) is 21.6 Å². The van der Waals surface area contributed by atoms with Crippen molar-refractivity contribution in [2.24, 2.45) is 7.05 Å². The first-order valence-corrected chi connectivity index (χ1v) is 11.3. The van der Waals surface area contributed by atoms with Crippen LogP contribution in [0.4, 0.5) is 11.6 Å². The molecule has 0 saturated heterocycles. The Morgan fingerprint density at radius 1 is 1.29 bits per heavy atom. The second-order valence-corrected chi connectivity index (χ2v) is 8.68. The van der Waals surface area contributed by atoms with E-state index in [1.807, 2.05) is 12.1 Å². The molecule has 1 N–H and O–H groups in total. The van der Waals surface area contributed by atoms with Crippen molar-refractivity contribution in [2.75, 3.05) is 5.32 Å². The van der Waals surface area contributed by atoms with Gasteiger partial charge in [-0.3, -0.25) is 14.3 Å². The van der Waals surface area contributed by atoms with Gasteiger partial charge < -0.3 is 14.6 Å². The zero-order valence-electron chi connectivity index (χ0n) is 18.5. The van der Waals surface area contributed by atoms with Gasteiger partial charge in [0.15, 0.2) is 17.1 Å². The number of ether oxygens (including phenoxy) is 1. The second-order valence-electron chi connectivity index (χ2n) is 8.30. The van der Waals surface area contributed by atoms with Gasteiger partial charge in [-0.25, -0.2) is 9.50 Å². The number of aryl methyl sites for hydroxylation is 1. The molecule has 1 saturated carbocycles. The Labute approximate surface area is 203 Å². The van der Waals surface area contributed by atoms with Crippen LogP contribution in [0.5, 0.6) is 11.5 Å². The molecule has 5 heterocycles. The van der Waals surface area contributed by atoms with Gasteiger partial charge in [-0.15, -0.1) is 0 Å². The third-order valence-electron chi connectivity index (χ3n) is 5.96. The number of nitrogens with one attached hydrogen (secondary N) is 1. The Bertz CT molecular complexity index is 1710. The van der Waals surface area contributed by atoms with E-state index in [1.165, 1.54) is 10.8 Å². The number of rotatable bonds is 6. The van der Waals surface area contributed by atoms with Crippen molar-refractivity contribution in [1.82, 2.24) is 33.7 Å². The molecule has 11 nitrogen and oxygen atoms in total. The molecule has 1 fully saturated rings. The summed E-state index contributed by atoms with van der Waals surface area (Å²) in [7, 11) is 1.77. The van der Waals surface area contributed by atoms with Crippen LogP contribution in [0.3, 0.4) is 0 Å². The summed E-state index contributed by atoms with van der Waals surface area (Å²) in [6, 6.07) is 3.87. The molecule has 0 aliphatic heterocycles. The first-order chi connectivity index (χ1) is 17.0. The summed E-state index contributed by atoms with van der Waals surface area (Å²) >= 11 is 6.71. The number of hydrogen-bond donors (Lipinski definition) is 1. The van der Waals surface area contributed by atoms with Crippen LogP contribution in [-0.2, 0) is 13.6 Å². The molecule has 0 spiro atoms. The van der Waals surface area contributed by atoms with Gasteiger partial charge in [0.2, 0.25) is 5.95 Å².